The molecule has 1 atom stereocenters. The monoisotopic (exact) mass is 212 g/mol. The third kappa shape index (κ3) is 1.39. The third-order valence-electron chi connectivity index (χ3n) is 2.90. The maximum atomic E-state index is 4.21. The van der Waals surface area contributed by atoms with Gasteiger partial charge in [-0.3, -0.25) is 0 Å². The largest absolute Gasteiger partial charge is 0.345 e. The molecule has 1 unspecified atom stereocenters. The highest BCUT2D eigenvalue weighted by molar-refractivity contribution is 5.75. The number of rotatable bonds is 2. The van der Waals surface area contributed by atoms with E-state index >= 15 is 0 Å². The second-order valence-electron chi connectivity index (χ2n) is 3.86. The molecule has 0 amide bonds. The summed E-state index contributed by atoms with van der Waals surface area (Å²) in [6, 6.07) is 6.56. The molecule has 2 aromatic heterocycles. The Morgan fingerprint density at radius 1 is 1.38 bits per heavy atom. The average molecular weight is 212 g/mol. The van der Waals surface area contributed by atoms with E-state index in [9.17, 15) is 0 Å². The summed E-state index contributed by atoms with van der Waals surface area (Å²) in [6.45, 7) is 2.15. The Hall–Kier alpha value is -2.10. The summed E-state index contributed by atoms with van der Waals surface area (Å²) in [5, 5.41) is 0. The summed E-state index contributed by atoms with van der Waals surface area (Å²) < 4.78 is 2.08. The molecule has 1 N–H and O–H groups in total. The second-order valence-corrected chi connectivity index (χ2v) is 3.86. The van der Waals surface area contributed by atoms with E-state index in [-0.39, 0.29) is 6.04 Å². The zero-order chi connectivity index (χ0) is 11.0. The Balaban J connectivity index is 2.05. The lowest BCUT2D eigenvalue weighted by Gasteiger charge is -2.13. The maximum Gasteiger partial charge on any atom is 0.0951 e. The smallest absolute Gasteiger partial charge is 0.0951 e. The number of H-pyrrole nitrogens is 1. The number of benzene rings is 1. The lowest BCUT2D eigenvalue weighted by atomic mass is 10.1. The van der Waals surface area contributed by atoms with Crippen molar-refractivity contribution in [1.29, 1.82) is 0 Å². The van der Waals surface area contributed by atoms with Gasteiger partial charge in [0, 0.05) is 12.4 Å². The van der Waals surface area contributed by atoms with Crippen LogP contribution in [0.3, 0.4) is 0 Å². The number of imidazole rings is 2. The van der Waals surface area contributed by atoms with Gasteiger partial charge in [0.15, 0.2) is 0 Å². The van der Waals surface area contributed by atoms with E-state index in [1.807, 2.05) is 18.6 Å². The normalized spacial score (nSPS) is 13.1. The fourth-order valence-corrected chi connectivity index (χ4v) is 1.88. The van der Waals surface area contributed by atoms with Gasteiger partial charge in [-0.2, -0.15) is 0 Å². The molecule has 80 valence electrons. The van der Waals surface area contributed by atoms with Crippen molar-refractivity contribution in [2.24, 2.45) is 0 Å². The quantitative estimate of drug-likeness (QED) is 0.708. The lowest BCUT2D eigenvalue weighted by molar-refractivity contribution is 0.639. The maximum absolute atomic E-state index is 4.21. The predicted molar refractivity (Wildman–Crippen MR) is 62.1 cm³/mol. The van der Waals surface area contributed by atoms with E-state index in [1.54, 1.807) is 12.5 Å². The predicted octanol–water partition coefficient (Wildman–Crippen LogP) is 2.37. The van der Waals surface area contributed by atoms with Gasteiger partial charge in [0.05, 0.1) is 29.7 Å². The molecule has 16 heavy (non-hydrogen) atoms. The molecular weight excluding hydrogens is 200 g/mol. The number of hydrogen-bond acceptors (Lipinski definition) is 2. The lowest BCUT2D eigenvalue weighted by Crippen LogP contribution is -2.03. The first-order chi connectivity index (χ1) is 7.84. The Bertz CT molecular complexity index is 594. The Labute approximate surface area is 93.0 Å². The molecule has 4 nitrogen and oxygen atoms in total. The minimum absolute atomic E-state index is 0.287. The topological polar surface area (TPSA) is 46.5 Å². The van der Waals surface area contributed by atoms with Crippen LogP contribution in [0, 0.1) is 0 Å². The highest BCUT2D eigenvalue weighted by Gasteiger charge is 2.07. The van der Waals surface area contributed by atoms with E-state index in [2.05, 4.69) is 38.6 Å². The summed E-state index contributed by atoms with van der Waals surface area (Å²) in [4.78, 5) is 11.4. The number of nitrogens with one attached hydrogen (secondary N) is 1. The third-order valence-corrected chi connectivity index (χ3v) is 2.90. The fraction of sp³-hybridized carbons (Fsp3) is 0.167. The van der Waals surface area contributed by atoms with Crippen LogP contribution in [0.15, 0.2) is 43.2 Å². The first kappa shape index (κ1) is 9.15. The van der Waals surface area contributed by atoms with Crippen molar-refractivity contribution < 1.29 is 0 Å². The molecule has 3 rings (SSSR count). The molecule has 0 radical (unpaired) electrons. The summed E-state index contributed by atoms with van der Waals surface area (Å²) in [5.41, 5.74) is 3.32. The molecule has 1 aromatic carbocycles. The van der Waals surface area contributed by atoms with Crippen molar-refractivity contribution in [2.45, 2.75) is 13.0 Å². The Morgan fingerprint density at radius 3 is 3.12 bits per heavy atom. The summed E-state index contributed by atoms with van der Waals surface area (Å²) >= 11 is 0. The molecule has 0 spiro atoms. The number of aromatic amines is 1. The Kier molecular flexibility index (Phi) is 1.99. The minimum Gasteiger partial charge on any atom is -0.345 e. The first-order valence-electron chi connectivity index (χ1n) is 5.25. The van der Waals surface area contributed by atoms with Crippen molar-refractivity contribution >= 4 is 11.0 Å². The van der Waals surface area contributed by atoms with Crippen LogP contribution in [0.25, 0.3) is 11.0 Å². The van der Waals surface area contributed by atoms with E-state index in [0.29, 0.717) is 0 Å². The van der Waals surface area contributed by atoms with E-state index in [1.165, 1.54) is 5.56 Å². The van der Waals surface area contributed by atoms with E-state index in [0.717, 1.165) is 11.0 Å². The van der Waals surface area contributed by atoms with Crippen molar-refractivity contribution in [3.8, 4) is 0 Å². The van der Waals surface area contributed by atoms with Gasteiger partial charge in [0.1, 0.15) is 0 Å². The standard InChI is InChI=1S/C12H12N4/c1-9(16-5-4-13-8-16)10-2-3-11-12(6-10)15-7-14-11/h2-9H,1H3,(H,14,15). The van der Waals surface area contributed by atoms with Crippen LogP contribution in [0.5, 0.6) is 0 Å². The van der Waals surface area contributed by atoms with Crippen LogP contribution in [-0.2, 0) is 0 Å². The summed E-state index contributed by atoms with van der Waals surface area (Å²) in [5.74, 6) is 0. The van der Waals surface area contributed by atoms with Crippen LogP contribution in [-0.4, -0.2) is 19.5 Å². The SMILES string of the molecule is CC(c1ccc2nc[nH]c2c1)n1ccnc1. The van der Waals surface area contributed by atoms with Crippen molar-refractivity contribution in [3.63, 3.8) is 0 Å². The molecule has 3 aromatic rings. The molecule has 2 heterocycles. The number of nitrogens with zero attached hydrogens (tertiary/aromatic N) is 3. The van der Waals surface area contributed by atoms with Crippen molar-refractivity contribution in [2.75, 3.05) is 0 Å². The molecule has 0 fully saturated rings. The van der Waals surface area contributed by atoms with Crippen LogP contribution >= 0.6 is 0 Å². The van der Waals surface area contributed by atoms with Gasteiger partial charge in [-0.25, -0.2) is 9.97 Å². The van der Waals surface area contributed by atoms with Crippen LogP contribution in [0.2, 0.25) is 0 Å². The molecule has 4 heteroatoms. The van der Waals surface area contributed by atoms with Crippen LogP contribution < -0.4 is 0 Å². The molecule has 0 aliphatic rings. The number of hydrogen-bond donors (Lipinski definition) is 1. The highest BCUT2D eigenvalue weighted by atomic mass is 15.0. The molecule has 0 saturated carbocycles. The van der Waals surface area contributed by atoms with Gasteiger partial charge in [0.25, 0.3) is 0 Å². The molecule has 0 aliphatic heterocycles. The van der Waals surface area contributed by atoms with E-state index in [4.69, 9.17) is 0 Å². The summed E-state index contributed by atoms with van der Waals surface area (Å²) in [7, 11) is 0. The van der Waals surface area contributed by atoms with Gasteiger partial charge < -0.3 is 9.55 Å². The molecular formula is C12H12N4. The average Bonchev–Trinajstić information content (AvgIpc) is 2.98. The van der Waals surface area contributed by atoms with Gasteiger partial charge in [-0.1, -0.05) is 6.07 Å². The highest BCUT2D eigenvalue weighted by Crippen LogP contribution is 2.20. The summed E-state index contributed by atoms with van der Waals surface area (Å²) in [6.07, 6.45) is 7.32. The van der Waals surface area contributed by atoms with E-state index < -0.39 is 0 Å². The first-order valence-corrected chi connectivity index (χ1v) is 5.25. The van der Waals surface area contributed by atoms with Gasteiger partial charge >= 0.3 is 0 Å². The number of fused-ring (bicyclic) bond motifs is 1. The molecule has 0 bridgehead atoms. The molecule has 0 aliphatic carbocycles. The van der Waals surface area contributed by atoms with Crippen molar-refractivity contribution in [3.05, 3.63) is 48.8 Å². The minimum atomic E-state index is 0.287. The molecule has 0 saturated heterocycles. The van der Waals surface area contributed by atoms with Crippen molar-refractivity contribution in [1.82, 2.24) is 19.5 Å². The van der Waals surface area contributed by atoms with Gasteiger partial charge in [0.2, 0.25) is 0 Å². The van der Waals surface area contributed by atoms with Gasteiger partial charge in [-0.05, 0) is 24.6 Å². The zero-order valence-corrected chi connectivity index (χ0v) is 8.96. The zero-order valence-electron chi connectivity index (χ0n) is 8.96. The Morgan fingerprint density at radius 2 is 2.31 bits per heavy atom. The number of aromatic nitrogens is 4. The van der Waals surface area contributed by atoms with Crippen LogP contribution in [0.4, 0.5) is 0 Å². The van der Waals surface area contributed by atoms with Gasteiger partial charge in [-0.15, -0.1) is 0 Å². The fourth-order valence-electron chi connectivity index (χ4n) is 1.88. The second kappa shape index (κ2) is 3.48. The van der Waals surface area contributed by atoms with Crippen LogP contribution in [0.1, 0.15) is 18.5 Å².